The minimum atomic E-state index is 0.229. The molecule has 0 saturated heterocycles. The summed E-state index contributed by atoms with van der Waals surface area (Å²) in [4.78, 5) is 2.35. The third-order valence-electron chi connectivity index (χ3n) is 4.20. The van der Waals surface area contributed by atoms with E-state index in [9.17, 15) is 0 Å². The molecule has 16 heavy (non-hydrogen) atoms. The molecule has 1 atom stereocenters. The van der Waals surface area contributed by atoms with Crippen molar-refractivity contribution in [1.82, 2.24) is 10.3 Å². The molecule has 0 aromatic rings. The number of likely N-dealkylation sites (N-methyl/N-ethyl adjacent to an activating group) is 1. The molecular formula is C13H27N3. The fourth-order valence-electron chi connectivity index (χ4n) is 2.93. The first-order valence-corrected chi connectivity index (χ1v) is 6.37. The lowest BCUT2D eigenvalue weighted by Gasteiger charge is -2.43. The van der Waals surface area contributed by atoms with Gasteiger partial charge in [-0.05, 0) is 39.8 Å². The molecule has 0 heterocycles. The highest BCUT2D eigenvalue weighted by Gasteiger charge is 2.42. The van der Waals surface area contributed by atoms with Gasteiger partial charge < -0.3 is 4.90 Å². The number of nitrogens with one attached hydrogen (secondary N) is 1. The molecule has 1 fully saturated rings. The van der Waals surface area contributed by atoms with Crippen LogP contribution in [0.4, 0.5) is 0 Å². The van der Waals surface area contributed by atoms with E-state index in [4.69, 9.17) is 5.84 Å². The normalized spacial score (nSPS) is 21.3. The highest BCUT2D eigenvalue weighted by molar-refractivity contribution is 5.07. The lowest BCUT2D eigenvalue weighted by molar-refractivity contribution is 0.104. The van der Waals surface area contributed by atoms with Crippen molar-refractivity contribution in [3.05, 3.63) is 12.2 Å². The van der Waals surface area contributed by atoms with Crippen LogP contribution in [0.2, 0.25) is 0 Å². The first kappa shape index (κ1) is 13.7. The second kappa shape index (κ2) is 5.80. The molecule has 1 aliphatic rings. The van der Waals surface area contributed by atoms with Gasteiger partial charge in [-0.2, -0.15) is 0 Å². The second-order valence-electron chi connectivity index (χ2n) is 5.23. The van der Waals surface area contributed by atoms with Crippen LogP contribution < -0.4 is 11.3 Å². The van der Waals surface area contributed by atoms with Gasteiger partial charge in [0, 0.05) is 11.6 Å². The molecule has 94 valence electrons. The first-order chi connectivity index (χ1) is 7.56. The Morgan fingerprint density at radius 3 is 2.38 bits per heavy atom. The Labute approximate surface area is 100 Å². The highest BCUT2D eigenvalue weighted by Crippen LogP contribution is 2.38. The Bertz CT molecular complexity index is 229. The molecule has 1 saturated carbocycles. The Balaban J connectivity index is 2.78. The number of nitrogens with two attached hydrogens (primary N) is 1. The average molecular weight is 225 g/mol. The second-order valence-corrected chi connectivity index (χ2v) is 5.23. The van der Waals surface area contributed by atoms with Gasteiger partial charge in [0.2, 0.25) is 0 Å². The van der Waals surface area contributed by atoms with Crippen LogP contribution in [0.1, 0.15) is 45.4 Å². The van der Waals surface area contributed by atoms with Crippen molar-refractivity contribution in [3.8, 4) is 0 Å². The molecule has 0 aliphatic heterocycles. The molecule has 3 heteroatoms. The maximum absolute atomic E-state index is 5.76. The van der Waals surface area contributed by atoms with Crippen molar-refractivity contribution >= 4 is 0 Å². The van der Waals surface area contributed by atoms with Crippen LogP contribution in [0.5, 0.6) is 0 Å². The van der Waals surface area contributed by atoms with Crippen LogP contribution in [0, 0.1) is 0 Å². The summed E-state index contributed by atoms with van der Waals surface area (Å²) in [7, 11) is 4.34. The van der Waals surface area contributed by atoms with Gasteiger partial charge in [0.15, 0.2) is 0 Å². The van der Waals surface area contributed by atoms with Crippen LogP contribution in [-0.4, -0.2) is 30.6 Å². The van der Waals surface area contributed by atoms with Crippen molar-refractivity contribution in [2.45, 2.75) is 57.0 Å². The van der Waals surface area contributed by atoms with Gasteiger partial charge in [-0.3, -0.25) is 11.3 Å². The predicted molar refractivity (Wildman–Crippen MR) is 70.0 cm³/mol. The molecule has 0 radical (unpaired) electrons. The molecule has 0 aromatic heterocycles. The van der Waals surface area contributed by atoms with E-state index >= 15 is 0 Å². The average Bonchev–Trinajstić information content (AvgIpc) is 2.75. The zero-order chi connectivity index (χ0) is 12.2. The summed E-state index contributed by atoms with van der Waals surface area (Å²) in [5, 5.41) is 0. The zero-order valence-electron chi connectivity index (χ0n) is 11.1. The molecule has 0 spiro atoms. The van der Waals surface area contributed by atoms with Gasteiger partial charge in [-0.25, -0.2) is 0 Å². The van der Waals surface area contributed by atoms with E-state index in [1.165, 1.54) is 31.3 Å². The minimum Gasteiger partial charge on any atom is -0.302 e. The molecule has 3 N–H and O–H groups in total. The maximum Gasteiger partial charge on any atom is 0.0431 e. The van der Waals surface area contributed by atoms with Crippen LogP contribution in [0.3, 0.4) is 0 Å². The van der Waals surface area contributed by atoms with Crippen LogP contribution in [-0.2, 0) is 0 Å². The van der Waals surface area contributed by atoms with E-state index in [-0.39, 0.29) is 5.54 Å². The third kappa shape index (κ3) is 2.65. The van der Waals surface area contributed by atoms with E-state index in [0.717, 1.165) is 12.8 Å². The van der Waals surface area contributed by atoms with E-state index in [1.807, 2.05) is 0 Å². The van der Waals surface area contributed by atoms with Gasteiger partial charge in [-0.1, -0.05) is 31.9 Å². The Kier molecular flexibility index (Phi) is 4.96. The molecular weight excluding hydrogens is 198 g/mol. The fraction of sp³-hybridized carbons (Fsp3) is 0.846. The van der Waals surface area contributed by atoms with E-state index in [0.29, 0.717) is 6.04 Å². The SMILES string of the molecule is C=C(CC)CC(NN)C1(N(C)C)CCCC1. The lowest BCUT2D eigenvalue weighted by atomic mass is 9.83. The summed E-state index contributed by atoms with van der Waals surface area (Å²) < 4.78 is 0. The van der Waals surface area contributed by atoms with Crippen molar-refractivity contribution in [3.63, 3.8) is 0 Å². The summed E-state index contributed by atoms with van der Waals surface area (Å²) in [5.74, 6) is 5.76. The van der Waals surface area contributed by atoms with Crippen LogP contribution in [0.25, 0.3) is 0 Å². The van der Waals surface area contributed by atoms with Gasteiger partial charge in [0.05, 0.1) is 0 Å². The fourth-order valence-corrected chi connectivity index (χ4v) is 2.93. The third-order valence-corrected chi connectivity index (χ3v) is 4.20. The molecule has 1 aliphatic carbocycles. The smallest absolute Gasteiger partial charge is 0.0431 e. The van der Waals surface area contributed by atoms with Crippen LogP contribution >= 0.6 is 0 Å². The molecule has 1 rings (SSSR count). The highest BCUT2D eigenvalue weighted by atomic mass is 15.3. The molecule has 1 unspecified atom stereocenters. The molecule has 0 bridgehead atoms. The largest absolute Gasteiger partial charge is 0.302 e. The standard InChI is InChI=1S/C13H27N3/c1-5-11(2)10-12(15-14)13(16(3)4)8-6-7-9-13/h12,15H,2,5-10,14H2,1,3-4H3. The molecule has 0 amide bonds. The number of hydrogen-bond donors (Lipinski definition) is 2. The van der Waals surface area contributed by atoms with Crippen molar-refractivity contribution < 1.29 is 0 Å². The number of rotatable bonds is 6. The van der Waals surface area contributed by atoms with Gasteiger partial charge >= 0.3 is 0 Å². The first-order valence-electron chi connectivity index (χ1n) is 6.37. The number of nitrogens with zero attached hydrogens (tertiary/aromatic N) is 1. The van der Waals surface area contributed by atoms with Gasteiger partial charge in [0.25, 0.3) is 0 Å². The molecule has 0 aromatic carbocycles. The maximum atomic E-state index is 5.76. The summed E-state index contributed by atoms with van der Waals surface area (Å²) >= 11 is 0. The number of hydrazine groups is 1. The number of hydrogen-bond acceptors (Lipinski definition) is 3. The topological polar surface area (TPSA) is 41.3 Å². The summed E-state index contributed by atoms with van der Waals surface area (Å²) in [6, 6.07) is 0.331. The van der Waals surface area contributed by atoms with E-state index in [2.05, 4.69) is 37.9 Å². The van der Waals surface area contributed by atoms with Crippen molar-refractivity contribution in [2.24, 2.45) is 5.84 Å². The Hall–Kier alpha value is -0.380. The molecule has 3 nitrogen and oxygen atoms in total. The van der Waals surface area contributed by atoms with Crippen LogP contribution in [0.15, 0.2) is 12.2 Å². The van der Waals surface area contributed by atoms with Crippen molar-refractivity contribution in [1.29, 1.82) is 0 Å². The van der Waals surface area contributed by atoms with E-state index < -0.39 is 0 Å². The minimum absolute atomic E-state index is 0.229. The summed E-state index contributed by atoms with van der Waals surface area (Å²) in [5.41, 5.74) is 4.55. The zero-order valence-corrected chi connectivity index (χ0v) is 11.1. The Morgan fingerprint density at radius 1 is 1.44 bits per heavy atom. The van der Waals surface area contributed by atoms with E-state index in [1.54, 1.807) is 0 Å². The summed E-state index contributed by atoms with van der Waals surface area (Å²) in [6.45, 7) is 6.27. The summed E-state index contributed by atoms with van der Waals surface area (Å²) in [6.07, 6.45) is 7.15. The van der Waals surface area contributed by atoms with Gasteiger partial charge in [-0.15, -0.1) is 0 Å². The lowest BCUT2D eigenvalue weighted by Crippen LogP contribution is -2.59. The monoisotopic (exact) mass is 225 g/mol. The quantitative estimate of drug-likeness (QED) is 0.413. The van der Waals surface area contributed by atoms with Gasteiger partial charge in [0.1, 0.15) is 0 Å². The Morgan fingerprint density at radius 2 is 2.00 bits per heavy atom. The van der Waals surface area contributed by atoms with Crippen molar-refractivity contribution in [2.75, 3.05) is 14.1 Å². The predicted octanol–water partition coefficient (Wildman–Crippen LogP) is 2.05.